The Morgan fingerprint density at radius 2 is 2.07 bits per heavy atom. The predicted octanol–water partition coefficient (Wildman–Crippen LogP) is 1.72. The predicted molar refractivity (Wildman–Crippen MR) is 63.7 cm³/mol. The van der Waals surface area contributed by atoms with E-state index in [-0.39, 0.29) is 0 Å². The number of nitrogens with one attached hydrogen (secondary N) is 1. The second-order valence-electron chi connectivity index (χ2n) is 3.25. The van der Waals surface area contributed by atoms with Gasteiger partial charge in [0.1, 0.15) is 0 Å². The molecule has 78 valence electrons. The van der Waals surface area contributed by atoms with Gasteiger partial charge in [-0.1, -0.05) is 18.2 Å². The first-order valence-electron chi connectivity index (χ1n) is 4.94. The van der Waals surface area contributed by atoms with E-state index in [1.54, 1.807) is 0 Å². The van der Waals surface area contributed by atoms with Crippen LogP contribution in [-0.2, 0) is 0 Å². The van der Waals surface area contributed by atoms with Gasteiger partial charge in [0.15, 0.2) is 0 Å². The van der Waals surface area contributed by atoms with Gasteiger partial charge in [-0.2, -0.15) is 0 Å². The van der Waals surface area contributed by atoms with Crippen LogP contribution in [0, 0.1) is 0 Å². The molecule has 0 saturated heterocycles. The summed E-state index contributed by atoms with van der Waals surface area (Å²) in [5, 5.41) is 3.36. The number of thioether (sulfide) groups is 1. The van der Waals surface area contributed by atoms with Gasteiger partial charge in [0.25, 0.3) is 0 Å². The molecule has 0 bridgehead atoms. The average Bonchev–Trinajstić information content (AvgIpc) is 2.25. The van der Waals surface area contributed by atoms with Gasteiger partial charge in [-0.3, -0.25) is 0 Å². The van der Waals surface area contributed by atoms with Gasteiger partial charge in [-0.05, 0) is 19.1 Å². The maximum absolute atomic E-state index is 5.50. The Kier molecular flexibility index (Phi) is 5.68. The van der Waals surface area contributed by atoms with E-state index in [0.717, 1.165) is 12.3 Å². The minimum atomic E-state index is 0.423. The lowest BCUT2D eigenvalue weighted by atomic mass is 10.3. The summed E-state index contributed by atoms with van der Waals surface area (Å²) in [5.41, 5.74) is 5.50. The fraction of sp³-hybridized carbons (Fsp3) is 0.455. The van der Waals surface area contributed by atoms with Crippen LogP contribution >= 0.6 is 11.8 Å². The number of nitrogens with two attached hydrogens (primary N) is 1. The average molecular weight is 210 g/mol. The molecule has 0 aliphatic carbocycles. The van der Waals surface area contributed by atoms with E-state index in [2.05, 4.69) is 36.5 Å². The first kappa shape index (κ1) is 11.6. The van der Waals surface area contributed by atoms with Crippen molar-refractivity contribution in [3.8, 4) is 0 Å². The number of rotatable bonds is 6. The third-order valence-electron chi connectivity index (χ3n) is 1.96. The van der Waals surface area contributed by atoms with Crippen molar-refractivity contribution < 1.29 is 0 Å². The molecule has 1 aromatic rings. The molecule has 0 fully saturated rings. The molecule has 0 amide bonds. The van der Waals surface area contributed by atoms with Gasteiger partial charge < -0.3 is 11.1 Å². The summed E-state index contributed by atoms with van der Waals surface area (Å²) in [7, 11) is 0. The van der Waals surface area contributed by atoms with Crippen LogP contribution < -0.4 is 11.1 Å². The molecular weight excluding hydrogens is 192 g/mol. The van der Waals surface area contributed by atoms with Crippen molar-refractivity contribution in [1.29, 1.82) is 0 Å². The van der Waals surface area contributed by atoms with Crippen molar-refractivity contribution in [2.24, 2.45) is 5.73 Å². The summed E-state index contributed by atoms with van der Waals surface area (Å²) in [5.74, 6) is 1.09. The molecule has 14 heavy (non-hydrogen) atoms. The molecule has 1 rings (SSSR count). The summed E-state index contributed by atoms with van der Waals surface area (Å²) >= 11 is 1.87. The standard InChI is InChI=1S/C11H18N2S/c1-10(9-12)13-7-8-14-11-5-3-2-4-6-11/h2-6,10,13H,7-9,12H2,1H3. The van der Waals surface area contributed by atoms with Crippen LogP contribution in [-0.4, -0.2) is 24.9 Å². The molecular formula is C11H18N2S. The Morgan fingerprint density at radius 1 is 1.36 bits per heavy atom. The lowest BCUT2D eigenvalue weighted by molar-refractivity contribution is 0.579. The molecule has 1 aromatic carbocycles. The first-order chi connectivity index (χ1) is 6.83. The van der Waals surface area contributed by atoms with Crippen molar-refractivity contribution in [3.05, 3.63) is 30.3 Å². The fourth-order valence-electron chi connectivity index (χ4n) is 1.07. The van der Waals surface area contributed by atoms with Crippen LogP contribution in [0.2, 0.25) is 0 Å². The van der Waals surface area contributed by atoms with Crippen molar-refractivity contribution in [2.45, 2.75) is 17.9 Å². The molecule has 0 heterocycles. The van der Waals surface area contributed by atoms with E-state index in [9.17, 15) is 0 Å². The molecule has 3 heteroatoms. The van der Waals surface area contributed by atoms with E-state index in [1.165, 1.54) is 4.90 Å². The smallest absolute Gasteiger partial charge is 0.0162 e. The van der Waals surface area contributed by atoms with E-state index in [0.29, 0.717) is 12.6 Å². The molecule has 1 atom stereocenters. The highest BCUT2D eigenvalue weighted by Crippen LogP contribution is 2.15. The van der Waals surface area contributed by atoms with Gasteiger partial charge >= 0.3 is 0 Å². The molecule has 0 aliphatic heterocycles. The van der Waals surface area contributed by atoms with Gasteiger partial charge in [0.05, 0.1) is 0 Å². The Labute approximate surface area is 90.3 Å². The molecule has 0 spiro atoms. The topological polar surface area (TPSA) is 38.0 Å². The summed E-state index contributed by atoms with van der Waals surface area (Å²) in [6.45, 7) is 3.82. The quantitative estimate of drug-likeness (QED) is 0.554. The van der Waals surface area contributed by atoms with Gasteiger partial charge in [-0.25, -0.2) is 0 Å². The third-order valence-corrected chi connectivity index (χ3v) is 2.97. The van der Waals surface area contributed by atoms with E-state index < -0.39 is 0 Å². The second kappa shape index (κ2) is 6.87. The summed E-state index contributed by atoms with van der Waals surface area (Å²) in [6.07, 6.45) is 0. The molecule has 3 N–H and O–H groups in total. The van der Waals surface area contributed by atoms with Gasteiger partial charge in [0, 0.05) is 29.8 Å². The zero-order valence-electron chi connectivity index (χ0n) is 8.57. The van der Waals surface area contributed by atoms with Crippen LogP contribution in [0.1, 0.15) is 6.92 Å². The fourth-order valence-corrected chi connectivity index (χ4v) is 1.88. The number of benzene rings is 1. The van der Waals surface area contributed by atoms with Gasteiger partial charge in [-0.15, -0.1) is 11.8 Å². The van der Waals surface area contributed by atoms with Gasteiger partial charge in [0.2, 0.25) is 0 Å². The molecule has 0 aromatic heterocycles. The molecule has 0 aliphatic rings. The molecule has 0 saturated carbocycles. The molecule has 2 nitrogen and oxygen atoms in total. The highest BCUT2D eigenvalue weighted by molar-refractivity contribution is 7.99. The van der Waals surface area contributed by atoms with Crippen molar-refractivity contribution in [1.82, 2.24) is 5.32 Å². The van der Waals surface area contributed by atoms with Crippen molar-refractivity contribution >= 4 is 11.8 Å². The van der Waals surface area contributed by atoms with Crippen molar-refractivity contribution in [2.75, 3.05) is 18.8 Å². The highest BCUT2D eigenvalue weighted by Gasteiger charge is 1.96. The Balaban J connectivity index is 2.10. The molecule has 1 unspecified atom stereocenters. The third kappa shape index (κ3) is 4.65. The van der Waals surface area contributed by atoms with Crippen LogP contribution in [0.25, 0.3) is 0 Å². The number of hydrogen-bond donors (Lipinski definition) is 2. The van der Waals surface area contributed by atoms with Crippen LogP contribution in [0.15, 0.2) is 35.2 Å². The SMILES string of the molecule is CC(CN)NCCSc1ccccc1. The maximum Gasteiger partial charge on any atom is 0.0162 e. The van der Waals surface area contributed by atoms with Crippen LogP contribution in [0.3, 0.4) is 0 Å². The first-order valence-corrected chi connectivity index (χ1v) is 5.93. The summed E-state index contributed by atoms with van der Waals surface area (Å²) in [6, 6.07) is 10.9. The van der Waals surface area contributed by atoms with E-state index in [4.69, 9.17) is 5.73 Å². The Morgan fingerprint density at radius 3 is 2.71 bits per heavy atom. The minimum Gasteiger partial charge on any atom is -0.329 e. The highest BCUT2D eigenvalue weighted by atomic mass is 32.2. The Bertz CT molecular complexity index is 238. The lowest BCUT2D eigenvalue weighted by Gasteiger charge is -2.10. The monoisotopic (exact) mass is 210 g/mol. The molecule has 0 radical (unpaired) electrons. The minimum absolute atomic E-state index is 0.423. The lowest BCUT2D eigenvalue weighted by Crippen LogP contribution is -2.34. The van der Waals surface area contributed by atoms with E-state index in [1.807, 2.05) is 17.8 Å². The summed E-state index contributed by atoms with van der Waals surface area (Å²) < 4.78 is 0. The Hall–Kier alpha value is -0.510. The zero-order valence-corrected chi connectivity index (χ0v) is 9.39. The van der Waals surface area contributed by atoms with Crippen LogP contribution in [0.5, 0.6) is 0 Å². The normalized spacial score (nSPS) is 12.7. The maximum atomic E-state index is 5.50. The second-order valence-corrected chi connectivity index (χ2v) is 4.42. The van der Waals surface area contributed by atoms with E-state index >= 15 is 0 Å². The van der Waals surface area contributed by atoms with Crippen molar-refractivity contribution in [3.63, 3.8) is 0 Å². The zero-order chi connectivity index (χ0) is 10.2. The van der Waals surface area contributed by atoms with Crippen LogP contribution in [0.4, 0.5) is 0 Å². The number of hydrogen-bond acceptors (Lipinski definition) is 3. The summed E-state index contributed by atoms with van der Waals surface area (Å²) in [4.78, 5) is 1.33. The largest absolute Gasteiger partial charge is 0.329 e.